The summed E-state index contributed by atoms with van der Waals surface area (Å²) in [5.41, 5.74) is 2.23. The smallest absolute Gasteiger partial charge is 0.0742 e. The van der Waals surface area contributed by atoms with Gasteiger partial charge in [0.1, 0.15) is 0 Å². The van der Waals surface area contributed by atoms with Gasteiger partial charge in [-0.25, -0.2) is 0 Å². The molecule has 0 amide bonds. The van der Waals surface area contributed by atoms with Crippen LogP contribution < -0.4 is 5.32 Å². The highest BCUT2D eigenvalue weighted by Gasteiger charge is 2.18. The van der Waals surface area contributed by atoms with Crippen molar-refractivity contribution >= 4 is 0 Å². The first-order valence-corrected chi connectivity index (χ1v) is 5.96. The van der Waals surface area contributed by atoms with Crippen LogP contribution in [-0.4, -0.2) is 24.2 Å². The summed E-state index contributed by atoms with van der Waals surface area (Å²) in [4.78, 5) is 4.33. The zero-order valence-electron chi connectivity index (χ0n) is 10.7. The SMILES string of the molecule is CCNC(c1ccc(C)nc1)C(C)OCC. The third-order valence-corrected chi connectivity index (χ3v) is 2.62. The van der Waals surface area contributed by atoms with Gasteiger partial charge in [-0.3, -0.25) is 4.98 Å². The molecule has 0 aliphatic heterocycles. The number of hydrogen-bond acceptors (Lipinski definition) is 3. The van der Waals surface area contributed by atoms with Gasteiger partial charge in [0, 0.05) is 18.5 Å². The summed E-state index contributed by atoms with van der Waals surface area (Å²) in [5.74, 6) is 0. The largest absolute Gasteiger partial charge is 0.377 e. The Morgan fingerprint density at radius 3 is 2.62 bits per heavy atom. The van der Waals surface area contributed by atoms with Gasteiger partial charge in [-0.1, -0.05) is 13.0 Å². The Morgan fingerprint density at radius 2 is 2.12 bits per heavy atom. The zero-order chi connectivity index (χ0) is 12.0. The molecule has 0 aliphatic carbocycles. The lowest BCUT2D eigenvalue weighted by Crippen LogP contribution is -2.32. The number of nitrogens with one attached hydrogen (secondary N) is 1. The van der Waals surface area contributed by atoms with Crippen LogP contribution in [0.25, 0.3) is 0 Å². The predicted octanol–water partition coefficient (Wildman–Crippen LogP) is 2.47. The normalized spacial score (nSPS) is 14.8. The van der Waals surface area contributed by atoms with Gasteiger partial charge < -0.3 is 10.1 Å². The first-order valence-electron chi connectivity index (χ1n) is 5.96. The van der Waals surface area contributed by atoms with E-state index in [-0.39, 0.29) is 12.1 Å². The minimum absolute atomic E-state index is 0.162. The Morgan fingerprint density at radius 1 is 1.38 bits per heavy atom. The number of aromatic nitrogens is 1. The van der Waals surface area contributed by atoms with E-state index in [1.54, 1.807) is 0 Å². The second kappa shape index (κ2) is 6.61. The van der Waals surface area contributed by atoms with E-state index in [1.807, 2.05) is 26.1 Å². The lowest BCUT2D eigenvalue weighted by Gasteiger charge is -2.24. The zero-order valence-corrected chi connectivity index (χ0v) is 10.7. The highest BCUT2D eigenvalue weighted by Crippen LogP contribution is 2.18. The van der Waals surface area contributed by atoms with Gasteiger partial charge in [0.05, 0.1) is 12.1 Å². The molecule has 2 unspecified atom stereocenters. The third-order valence-electron chi connectivity index (χ3n) is 2.62. The average molecular weight is 222 g/mol. The van der Waals surface area contributed by atoms with E-state index >= 15 is 0 Å². The fourth-order valence-electron chi connectivity index (χ4n) is 1.80. The van der Waals surface area contributed by atoms with E-state index < -0.39 is 0 Å². The van der Waals surface area contributed by atoms with Crippen molar-refractivity contribution in [2.45, 2.75) is 39.8 Å². The van der Waals surface area contributed by atoms with Crippen molar-refractivity contribution in [1.29, 1.82) is 0 Å². The van der Waals surface area contributed by atoms with Crippen LogP contribution >= 0.6 is 0 Å². The van der Waals surface area contributed by atoms with Crippen LogP contribution in [0.2, 0.25) is 0 Å². The van der Waals surface area contributed by atoms with Gasteiger partial charge in [0.25, 0.3) is 0 Å². The number of aryl methyl sites for hydroxylation is 1. The average Bonchev–Trinajstić information content (AvgIpc) is 2.28. The molecule has 90 valence electrons. The van der Waals surface area contributed by atoms with Gasteiger partial charge in [-0.2, -0.15) is 0 Å². The van der Waals surface area contributed by atoms with E-state index in [0.717, 1.165) is 18.8 Å². The summed E-state index contributed by atoms with van der Waals surface area (Å²) < 4.78 is 5.65. The number of pyridine rings is 1. The summed E-state index contributed by atoms with van der Waals surface area (Å²) in [6.45, 7) is 9.88. The van der Waals surface area contributed by atoms with Crippen molar-refractivity contribution in [2.75, 3.05) is 13.2 Å². The molecule has 2 atom stereocenters. The Hall–Kier alpha value is -0.930. The van der Waals surface area contributed by atoms with Crippen molar-refractivity contribution in [3.63, 3.8) is 0 Å². The van der Waals surface area contributed by atoms with Crippen molar-refractivity contribution in [2.24, 2.45) is 0 Å². The lowest BCUT2D eigenvalue weighted by molar-refractivity contribution is 0.0476. The maximum Gasteiger partial charge on any atom is 0.0742 e. The molecule has 0 saturated heterocycles. The molecule has 0 fully saturated rings. The molecule has 0 bridgehead atoms. The van der Waals surface area contributed by atoms with Crippen LogP contribution in [0.5, 0.6) is 0 Å². The van der Waals surface area contributed by atoms with Gasteiger partial charge in [0.15, 0.2) is 0 Å². The van der Waals surface area contributed by atoms with Crippen LogP contribution in [-0.2, 0) is 4.74 Å². The molecule has 1 N–H and O–H groups in total. The van der Waals surface area contributed by atoms with Gasteiger partial charge >= 0.3 is 0 Å². The number of likely N-dealkylation sites (N-methyl/N-ethyl adjacent to an activating group) is 1. The topological polar surface area (TPSA) is 34.2 Å². The highest BCUT2D eigenvalue weighted by molar-refractivity contribution is 5.18. The fourth-order valence-corrected chi connectivity index (χ4v) is 1.80. The minimum atomic E-state index is 0.162. The molecule has 3 nitrogen and oxygen atoms in total. The second-order valence-corrected chi connectivity index (χ2v) is 3.93. The first-order chi connectivity index (χ1) is 7.69. The molecular formula is C13H22N2O. The van der Waals surface area contributed by atoms with Crippen molar-refractivity contribution in [3.8, 4) is 0 Å². The van der Waals surface area contributed by atoms with E-state index in [1.165, 1.54) is 5.56 Å². The second-order valence-electron chi connectivity index (χ2n) is 3.93. The van der Waals surface area contributed by atoms with Crippen LogP contribution in [0.1, 0.15) is 38.1 Å². The fraction of sp³-hybridized carbons (Fsp3) is 0.615. The Balaban J connectivity index is 2.79. The Labute approximate surface area is 98.2 Å². The number of hydrogen-bond donors (Lipinski definition) is 1. The summed E-state index contributed by atoms with van der Waals surface area (Å²) in [7, 11) is 0. The quantitative estimate of drug-likeness (QED) is 0.803. The molecule has 0 spiro atoms. The predicted molar refractivity (Wildman–Crippen MR) is 66.5 cm³/mol. The van der Waals surface area contributed by atoms with Crippen LogP contribution in [0.4, 0.5) is 0 Å². The molecule has 0 aliphatic rings. The Kier molecular flexibility index (Phi) is 5.43. The lowest BCUT2D eigenvalue weighted by atomic mass is 10.0. The monoisotopic (exact) mass is 222 g/mol. The summed E-state index contributed by atoms with van der Waals surface area (Å²) in [6.07, 6.45) is 2.09. The Bertz CT molecular complexity index is 297. The molecule has 0 aromatic carbocycles. The molecule has 1 heterocycles. The van der Waals surface area contributed by atoms with E-state index in [0.29, 0.717) is 0 Å². The molecule has 16 heavy (non-hydrogen) atoms. The minimum Gasteiger partial charge on any atom is -0.377 e. The van der Waals surface area contributed by atoms with Crippen LogP contribution in [0, 0.1) is 6.92 Å². The van der Waals surface area contributed by atoms with Crippen molar-refractivity contribution in [1.82, 2.24) is 10.3 Å². The molecule has 1 aromatic rings. The maximum atomic E-state index is 5.65. The van der Waals surface area contributed by atoms with Gasteiger partial charge in [0.2, 0.25) is 0 Å². The molecule has 0 saturated carbocycles. The maximum absolute atomic E-state index is 5.65. The van der Waals surface area contributed by atoms with E-state index in [9.17, 15) is 0 Å². The molecule has 1 rings (SSSR count). The first kappa shape index (κ1) is 13.1. The van der Waals surface area contributed by atoms with Gasteiger partial charge in [-0.15, -0.1) is 0 Å². The van der Waals surface area contributed by atoms with E-state index in [4.69, 9.17) is 4.74 Å². The van der Waals surface area contributed by atoms with Crippen LogP contribution in [0.3, 0.4) is 0 Å². The summed E-state index contributed by atoms with van der Waals surface area (Å²) in [5, 5.41) is 3.44. The van der Waals surface area contributed by atoms with Crippen LogP contribution in [0.15, 0.2) is 18.3 Å². The number of rotatable bonds is 6. The summed E-state index contributed by atoms with van der Waals surface area (Å²) >= 11 is 0. The van der Waals surface area contributed by atoms with Crippen molar-refractivity contribution < 1.29 is 4.74 Å². The highest BCUT2D eigenvalue weighted by atomic mass is 16.5. The molecule has 0 radical (unpaired) electrons. The summed E-state index contributed by atoms with van der Waals surface area (Å²) in [6, 6.07) is 4.38. The molecule has 3 heteroatoms. The number of ether oxygens (including phenoxy) is 1. The molecular weight excluding hydrogens is 200 g/mol. The van der Waals surface area contributed by atoms with E-state index in [2.05, 4.69) is 30.2 Å². The third kappa shape index (κ3) is 3.58. The molecule has 1 aromatic heterocycles. The number of nitrogens with zero attached hydrogens (tertiary/aromatic N) is 1. The standard InChI is InChI=1S/C13H22N2O/c1-5-14-13(11(4)16-6-2)12-8-7-10(3)15-9-12/h7-9,11,13-14H,5-6H2,1-4H3. The van der Waals surface area contributed by atoms with Gasteiger partial charge in [-0.05, 0) is 38.9 Å². The van der Waals surface area contributed by atoms with Crippen molar-refractivity contribution in [3.05, 3.63) is 29.6 Å².